The van der Waals surface area contributed by atoms with Crippen molar-refractivity contribution in [2.75, 3.05) is 0 Å². The van der Waals surface area contributed by atoms with Crippen molar-refractivity contribution in [3.63, 3.8) is 0 Å². The van der Waals surface area contributed by atoms with Gasteiger partial charge in [0.25, 0.3) is 0 Å². The molecule has 1 aliphatic heterocycles. The molecule has 0 atom stereocenters. The van der Waals surface area contributed by atoms with Crippen LogP contribution in [-0.2, 0) is 6.54 Å². The summed E-state index contributed by atoms with van der Waals surface area (Å²) in [6, 6.07) is 0. The zero-order valence-electron chi connectivity index (χ0n) is 6.02. The predicted molar refractivity (Wildman–Crippen MR) is 39.9 cm³/mol. The molecular formula is C7H7NO4. The fraction of sp³-hybridized carbons (Fsp3) is 0.143. The normalized spacial score (nSPS) is 15.3. The summed E-state index contributed by atoms with van der Waals surface area (Å²) >= 11 is 0. The maximum atomic E-state index is 9.18. The van der Waals surface area contributed by atoms with Crippen LogP contribution in [0.25, 0.3) is 5.76 Å². The Hall–Kier alpha value is -1.78. The van der Waals surface area contributed by atoms with Crippen LogP contribution in [0.3, 0.4) is 0 Å². The third kappa shape index (κ3) is 0.623. The number of aromatic hydroxyl groups is 2. The Morgan fingerprint density at radius 3 is 2.42 bits per heavy atom. The highest BCUT2D eigenvalue weighted by Gasteiger charge is 2.26. The molecule has 1 aliphatic rings. The number of aliphatic hydroxyl groups is 2. The highest BCUT2D eigenvalue weighted by molar-refractivity contribution is 5.69. The van der Waals surface area contributed by atoms with Gasteiger partial charge in [-0.1, -0.05) is 0 Å². The highest BCUT2D eigenvalue weighted by atomic mass is 16.3. The summed E-state index contributed by atoms with van der Waals surface area (Å²) in [6.07, 6.45) is 1.24. The van der Waals surface area contributed by atoms with Gasteiger partial charge in [0.05, 0.1) is 12.7 Å². The first-order valence-electron chi connectivity index (χ1n) is 3.33. The molecule has 0 aliphatic carbocycles. The van der Waals surface area contributed by atoms with Crippen molar-refractivity contribution < 1.29 is 20.4 Å². The molecular weight excluding hydrogens is 162 g/mol. The van der Waals surface area contributed by atoms with Crippen LogP contribution in [0.1, 0.15) is 5.69 Å². The zero-order chi connectivity index (χ0) is 8.88. The molecule has 5 heteroatoms. The summed E-state index contributed by atoms with van der Waals surface area (Å²) in [5.74, 6) is -1.30. The lowest BCUT2D eigenvalue weighted by Crippen LogP contribution is -1.91. The van der Waals surface area contributed by atoms with Crippen molar-refractivity contribution >= 4 is 5.76 Å². The van der Waals surface area contributed by atoms with E-state index >= 15 is 0 Å². The summed E-state index contributed by atoms with van der Waals surface area (Å²) in [7, 11) is 0. The first-order valence-corrected chi connectivity index (χ1v) is 3.33. The Labute approximate surface area is 67.4 Å². The van der Waals surface area contributed by atoms with E-state index in [2.05, 4.69) is 0 Å². The SMILES string of the molecule is OC1=C(O)c2c(O)c(O)cn2C1. The van der Waals surface area contributed by atoms with Crippen molar-refractivity contribution in [2.24, 2.45) is 0 Å². The van der Waals surface area contributed by atoms with E-state index in [1.165, 1.54) is 10.8 Å². The summed E-state index contributed by atoms with van der Waals surface area (Å²) < 4.78 is 1.36. The molecule has 1 aromatic rings. The molecule has 1 aromatic heterocycles. The predicted octanol–water partition coefficient (Wildman–Crippen LogP) is 0.697. The summed E-state index contributed by atoms with van der Waals surface area (Å²) in [5.41, 5.74) is 0.0602. The molecule has 2 heterocycles. The molecule has 0 unspecified atom stereocenters. The van der Waals surface area contributed by atoms with Gasteiger partial charge in [-0.05, 0) is 0 Å². The van der Waals surface area contributed by atoms with Gasteiger partial charge >= 0.3 is 0 Å². The zero-order valence-corrected chi connectivity index (χ0v) is 6.02. The molecule has 0 aromatic carbocycles. The van der Waals surface area contributed by atoms with Crippen LogP contribution >= 0.6 is 0 Å². The van der Waals surface area contributed by atoms with E-state index in [1.54, 1.807) is 0 Å². The van der Waals surface area contributed by atoms with Crippen LogP contribution in [-0.4, -0.2) is 25.0 Å². The fourth-order valence-corrected chi connectivity index (χ4v) is 1.28. The molecule has 0 amide bonds. The molecule has 12 heavy (non-hydrogen) atoms. The van der Waals surface area contributed by atoms with Crippen LogP contribution < -0.4 is 0 Å². The van der Waals surface area contributed by atoms with E-state index in [0.717, 1.165) is 0 Å². The summed E-state index contributed by atoms with van der Waals surface area (Å²) in [6.45, 7) is 0.0787. The third-order valence-electron chi connectivity index (χ3n) is 1.85. The van der Waals surface area contributed by atoms with Crippen molar-refractivity contribution in [1.82, 2.24) is 4.57 Å². The van der Waals surface area contributed by atoms with Gasteiger partial charge in [0.15, 0.2) is 23.0 Å². The number of allylic oxidation sites excluding steroid dienone is 1. The monoisotopic (exact) mass is 169 g/mol. The van der Waals surface area contributed by atoms with Crippen LogP contribution in [0, 0.1) is 0 Å². The Bertz CT molecular complexity index is 377. The van der Waals surface area contributed by atoms with Crippen LogP contribution in [0.5, 0.6) is 11.5 Å². The van der Waals surface area contributed by atoms with E-state index in [9.17, 15) is 10.2 Å². The average molecular weight is 169 g/mol. The Morgan fingerprint density at radius 1 is 1.17 bits per heavy atom. The number of hydrogen-bond acceptors (Lipinski definition) is 4. The molecule has 0 saturated heterocycles. The van der Waals surface area contributed by atoms with Gasteiger partial charge in [-0.3, -0.25) is 0 Å². The minimum atomic E-state index is -0.406. The standard InChI is InChI=1S/C7H7NO4/c9-3-1-8-2-4(10)7(12)5(8)6(3)11/h1,9-12H,2H2. The molecule has 4 N–H and O–H groups in total. The van der Waals surface area contributed by atoms with Gasteiger partial charge in [0.1, 0.15) is 5.69 Å². The minimum absolute atomic E-state index is 0.0602. The van der Waals surface area contributed by atoms with E-state index in [-0.39, 0.29) is 29.5 Å². The summed E-state index contributed by atoms with van der Waals surface area (Å²) in [5, 5.41) is 36.4. The maximum absolute atomic E-state index is 9.18. The fourth-order valence-electron chi connectivity index (χ4n) is 1.28. The van der Waals surface area contributed by atoms with E-state index in [1.807, 2.05) is 0 Å². The van der Waals surface area contributed by atoms with E-state index < -0.39 is 5.75 Å². The molecule has 64 valence electrons. The molecule has 0 radical (unpaired) electrons. The van der Waals surface area contributed by atoms with Crippen LogP contribution in [0.4, 0.5) is 0 Å². The Kier molecular flexibility index (Phi) is 1.08. The van der Waals surface area contributed by atoms with Gasteiger partial charge < -0.3 is 25.0 Å². The number of hydrogen-bond donors (Lipinski definition) is 4. The van der Waals surface area contributed by atoms with E-state index in [4.69, 9.17) is 10.2 Å². The first kappa shape index (κ1) is 6.90. The largest absolute Gasteiger partial charge is 0.507 e. The topological polar surface area (TPSA) is 85.8 Å². The van der Waals surface area contributed by atoms with Crippen LogP contribution in [0.15, 0.2) is 12.0 Å². The third-order valence-corrected chi connectivity index (χ3v) is 1.85. The molecule has 5 nitrogen and oxygen atoms in total. The Morgan fingerprint density at radius 2 is 1.83 bits per heavy atom. The second-order valence-electron chi connectivity index (χ2n) is 2.63. The van der Waals surface area contributed by atoms with Crippen LogP contribution in [0.2, 0.25) is 0 Å². The summed E-state index contributed by atoms with van der Waals surface area (Å²) in [4.78, 5) is 0. The molecule has 2 rings (SSSR count). The lowest BCUT2D eigenvalue weighted by Gasteiger charge is -1.93. The minimum Gasteiger partial charge on any atom is -0.507 e. The Balaban J connectivity index is 2.67. The molecule has 0 bridgehead atoms. The van der Waals surface area contributed by atoms with Gasteiger partial charge in [0, 0.05) is 0 Å². The van der Waals surface area contributed by atoms with Crippen molar-refractivity contribution in [2.45, 2.75) is 6.54 Å². The van der Waals surface area contributed by atoms with Gasteiger partial charge in [-0.15, -0.1) is 0 Å². The van der Waals surface area contributed by atoms with Gasteiger partial charge in [-0.25, -0.2) is 0 Å². The average Bonchev–Trinajstić information content (AvgIpc) is 2.40. The smallest absolute Gasteiger partial charge is 0.187 e. The number of aromatic nitrogens is 1. The molecule has 0 saturated carbocycles. The quantitative estimate of drug-likeness (QED) is 0.460. The number of aliphatic hydroxyl groups excluding tert-OH is 2. The van der Waals surface area contributed by atoms with Crippen molar-refractivity contribution in [3.8, 4) is 11.5 Å². The van der Waals surface area contributed by atoms with Crippen molar-refractivity contribution in [1.29, 1.82) is 0 Å². The molecule has 0 fully saturated rings. The van der Waals surface area contributed by atoms with Crippen molar-refractivity contribution in [3.05, 3.63) is 17.6 Å². The number of rotatable bonds is 0. The van der Waals surface area contributed by atoms with Gasteiger partial charge in [-0.2, -0.15) is 0 Å². The first-order chi connectivity index (χ1) is 5.61. The van der Waals surface area contributed by atoms with Gasteiger partial charge in [0.2, 0.25) is 0 Å². The lowest BCUT2D eigenvalue weighted by molar-refractivity contribution is 0.364. The number of fused-ring (bicyclic) bond motifs is 1. The second-order valence-corrected chi connectivity index (χ2v) is 2.63. The van der Waals surface area contributed by atoms with E-state index in [0.29, 0.717) is 0 Å². The lowest BCUT2D eigenvalue weighted by atomic mass is 10.3. The highest BCUT2D eigenvalue weighted by Crippen LogP contribution is 2.39. The second kappa shape index (κ2) is 1.88. The number of nitrogens with zero attached hydrogens (tertiary/aromatic N) is 1. The molecule has 0 spiro atoms. The maximum Gasteiger partial charge on any atom is 0.187 e.